The van der Waals surface area contributed by atoms with Crippen molar-refractivity contribution in [2.24, 2.45) is 5.92 Å². The molecule has 1 saturated heterocycles. The van der Waals surface area contributed by atoms with Crippen molar-refractivity contribution in [1.29, 1.82) is 0 Å². The number of carbonyl (C=O) groups is 2. The molecule has 0 unspecified atom stereocenters. The van der Waals surface area contributed by atoms with Gasteiger partial charge in [0.05, 0.1) is 0 Å². The lowest BCUT2D eigenvalue weighted by atomic mass is 9.96. The first-order chi connectivity index (χ1) is 15.1. The Morgan fingerprint density at radius 1 is 1.03 bits per heavy atom. The summed E-state index contributed by atoms with van der Waals surface area (Å²) in [5.41, 5.74) is 4.23. The Morgan fingerprint density at radius 3 is 2.42 bits per heavy atom. The highest BCUT2D eigenvalue weighted by Crippen LogP contribution is 2.40. The van der Waals surface area contributed by atoms with E-state index in [-0.39, 0.29) is 5.91 Å². The van der Waals surface area contributed by atoms with E-state index in [1.165, 1.54) is 12.0 Å². The minimum absolute atomic E-state index is 0.0231. The van der Waals surface area contributed by atoms with Gasteiger partial charge in [0, 0.05) is 36.7 Å². The second-order valence-corrected chi connectivity index (χ2v) is 8.43. The molecule has 162 valence electrons. The molecule has 2 aliphatic rings. The van der Waals surface area contributed by atoms with Crippen LogP contribution in [0.25, 0.3) is 6.08 Å². The molecule has 2 fully saturated rings. The van der Waals surface area contributed by atoms with Crippen LogP contribution < -0.4 is 10.8 Å². The maximum Gasteiger partial charge on any atom is 0.274 e. The van der Waals surface area contributed by atoms with E-state index in [2.05, 4.69) is 35.6 Å². The summed E-state index contributed by atoms with van der Waals surface area (Å²) in [6.07, 6.45) is 6.63. The molecular weight excluding hydrogens is 390 g/mol. The van der Waals surface area contributed by atoms with E-state index in [1.54, 1.807) is 41.9 Å². The van der Waals surface area contributed by atoms with Crippen LogP contribution >= 0.6 is 0 Å². The summed E-state index contributed by atoms with van der Waals surface area (Å²) >= 11 is 0. The third-order valence-electron chi connectivity index (χ3n) is 6.31. The van der Waals surface area contributed by atoms with Gasteiger partial charge in [-0.2, -0.15) is 0 Å². The topological polar surface area (TPSA) is 81.7 Å². The van der Waals surface area contributed by atoms with Crippen LogP contribution in [-0.2, 0) is 4.79 Å². The molecule has 2 aromatic rings. The number of hydroxylamine groups is 1. The van der Waals surface area contributed by atoms with Gasteiger partial charge in [-0.1, -0.05) is 42.5 Å². The van der Waals surface area contributed by atoms with E-state index in [4.69, 9.17) is 5.21 Å². The second kappa shape index (κ2) is 9.90. The Hall–Kier alpha value is -2.96. The molecule has 2 atom stereocenters. The Balaban J connectivity index is 1.18. The third kappa shape index (κ3) is 5.60. The lowest BCUT2D eigenvalue weighted by molar-refractivity contribution is -0.127. The third-order valence-corrected chi connectivity index (χ3v) is 6.31. The molecule has 0 aromatic heterocycles. The predicted molar refractivity (Wildman–Crippen MR) is 120 cm³/mol. The molecule has 0 spiro atoms. The average molecular weight is 420 g/mol. The first-order valence-electron chi connectivity index (χ1n) is 10.9. The van der Waals surface area contributed by atoms with Gasteiger partial charge in [-0.25, -0.2) is 5.48 Å². The van der Waals surface area contributed by atoms with Crippen LogP contribution in [0.3, 0.4) is 0 Å². The summed E-state index contributed by atoms with van der Waals surface area (Å²) in [6.45, 7) is 2.61. The fourth-order valence-electron chi connectivity index (χ4n) is 4.25. The number of carbonyl (C=O) groups excluding carboxylic acids is 2. The summed E-state index contributed by atoms with van der Waals surface area (Å²) in [5.74, 6) is 0.742. The standard InChI is InChI=1S/C25H29N3O3/c29-24(11-8-18-6-9-21(10-7-18)25(30)27-31)28-14-12-19(13-15-28)17-26-23-16-22(23)20-4-2-1-3-5-20/h1-11,19,22-23,26,31H,12-17H2,(H,27,30)/b11-8+/t22-,23+/m0/s1. The number of likely N-dealkylation sites (tertiary alicyclic amines) is 1. The van der Waals surface area contributed by atoms with E-state index in [0.717, 1.165) is 38.0 Å². The van der Waals surface area contributed by atoms with Crippen LogP contribution in [-0.4, -0.2) is 47.6 Å². The van der Waals surface area contributed by atoms with Crippen molar-refractivity contribution < 1.29 is 14.8 Å². The summed E-state index contributed by atoms with van der Waals surface area (Å²) in [5, 5.41) is 12.4. The van der Waals surface area contributed by atoms with E-state index in [9.17, 15) is 9.59 Å². The fraction of sp³-hybridized carbons (Fsp3) is 0.360. The van der Waals surface area contributed by atoms with Gasteiger partial charge in [0.2, 0.25) is 5.91 Å². The largest absolute Gasteiger partial charge is 0.339 e. The van der Waals surface area contributed by atoms with Crippen molar-refractivity contribution in [2.45, 2.75) is 31.2 Å². The number of rotatable bonds is 7. The summed E-state index contributed by atoms with van der Waals surface area (Å²) < 4.78 is 0. The van der Waals surface area contributed by atoms with Crippen LogP contribution in [0.15, 0.2) is 60.7 Å². The van der Waals surface area contributed by atoms with E-state index >= 15 is 0 Å². The number of amides is 2. The van der Waals surface area contributed by atoms with Crippen molar-refractivity contribution >= 4 is 17.9 Å². The highest BCUT2D eigenvalue weighted by atomic mass is 16.5. The number of hydrogen-bond acceptors (Lipinski definition) is 4. The molecule has 3 N–H and O–H groups in total. The summed E-state index contributed by atoms with van der Waals surface area (Å²) in [6, 6.07) is 18.0. The lowest BCUT2D eigenvalue weighted by Gasteiger charge is -2.31. The Kier molecular flexibility index (Phi) is 6.79. The minimum atomic E-state index is -0.554. The molecule has 1 aliphatic heterocycles. The minimum Gasteiger partial charge on any atom is -0.339 e. The first-order valence-corrected chi connectivity index (χ1v) is 10.9. The maximum atomic E-state index is 12.5. The lowest BCUT2D eigenvalue weighted by Crippen LogP contribution is -2.40. The van der Waals surface area contributed by atoms with Crippen LogP contribution in [0.5, 0.6) is 0 Å². The molecule has 1 saturated carbocycles. The molecule has 0 bridgehead atoms. The molecule has 2 amide bonds. The molecule has 0 radical (unpaired) electrons. The van der Waals surface area contributed by atoms with Gasteiger partial charge < -0.3 is 10.2 Å². The highest BCUT2D eigenvalue weighted by Gasteiger charge is 2.38. The van der Waals surface area contributed by atoms with Gasteiger partial charge in [-0.05, 0) is 61.1 Å². The second-order valence-electron chi connectivity index (χ2n) is 8.43. The van der Waals surface area contributed by atoms with Gasteiger partial charge in [-0.3, -0.25) is 14.8 Å². The van der Waals surface area contributed by atoms with E-state index in [1.807, 2.05) is 4.90 Å². The molecule has 6 nitrogen and oxygen atoms in total. The van der Waals surface area contributed by atoms with Crippen molar-refractivity contribution in [2.75, 3.05) is 19.6 Å². The Bertz CT molecular complexity index is 919. The quantitative estimate of drug-likeness (QED) is 0.366. The molecule has 1 aliphatic carbocycles. The molecular formula is C25H29N3O3. The SMILES string of the molecule is O=C(NO)c1ccc(/C=C/C(=O)N2CCC(CN[C@@H]3C[C@H]3c3ccccc3)CC2)cc1. The Morgan fingerprint density at radius 2 is 1.74 bits per heavy atom. The van der Waals surface area contributed by atoms with Gasteiger partial charge in [-0.15, -0.1) is 0 Å². The monoisotopic (exact) mass is 419 g/mol. The van der Waals surface area contributed by atoms with Crippen LogP contribution in [0.1, 0.15) is 46.7 Å². The van der Waals surface area contributed by atoms with Crippen LogP contribution in [0.2, 0.25) is 0 Å². The van der Waals surface area contributed by atoms with Gasteiger partial charge in [0.15, 0.2) is 0 Å². The van der Waals surface area contributed by atoms with E-state index in [0.29, 0.717) is 23.4 Å². The molecule has 1 heterocycles. The average Bonchev–Trinajstić information content (AvgIpc) is 3.62. The van der Waals surface area contributed by atoms with Crippen molar-refractivity contribution in [3.05, 3.63) is 77.4 Å². The zero-order valence-electron chi connectivity index (χ0n) is 17.5. The van der Waals surface area contributed by atoms with Crippen molar-refractivity contribution in [1.82, 2.24) is 15.7 Å². The molecule has 2 aromatic carbocycles. The van der Waals surface area contributed by atoms with Gasteiger partial charge in [0.1, 0.15) is 0 Å². The fourth-order valence-corrected chi connectivity index (χ4v) is 4.25. The van der Waals surface area contributed by atoms with Crippen LogP contribution in [0, 0.1) is 5.92 Å². The number of benzene rings is 2. The zero-order chi connectivity index (χ0) is 21.6. The number of hydrogen-bond donors (Lipinski definition) is 3. The normalized spacial score (nSPS) is 21.3. The van der Waals surface area contributed by atoms with Crippen molar-refractivity contribution in [3.63, 3.8) is 0 Å². The predicted octanol–water partition coefficient (Wildman–Crippen LogP) is 3.20. The van der Waals surface area contributed by atoms with E-state index < -0.39 is 5.91 Å². The van der Waals surface area contributed by atoms with Crippen molar-refractivity contribution in [3.8, 4) is 0 Å². The van der Waals surface area contributed by atoms with Gasteiger partial charge in [0.25, 0.3) is 5.91 Å². The highest BCUT2D eigenvalue weighted by molar-refractivity contribution is 5.94. The molecule has 6 heteroatoms. The maximum absolute atomic E-state index is 12.5. The number of nitrogens with zero attached hydrogens (tertiary/aromatic N) is 1. The zero-order valence-corrected chi connectivity index (χ0v) is 17.5. The summed E-state index contributed by atoms with van der Waals surface area (Å²) in [7, 11) is 0. The molecule has 31 heavy (non-hydrogen) atoms. The smallest absolute Gasteiger partial charge is 0.274 e. The summed E-state index contributed by atoms with van der Waals surface area (Å²) in [4.78, 5) is 25.8. The Labute approximate surface area is 182 Å². The van der Waals surface area contributed by atoms with Crippen LogP contribution in [0.4, 0.5) is 0 Å². The number of nitrogens with one attached hydrogen (secondary N) is 2. The number of piperidine rings is 1. The first kappa shape index (κ1) is 21.3. The molecule has 4 rings (SSSR count). The van der Waals surface area contributed by atoms with Gasteiger partial charge >= 0.3 is 0 Å².